The highest BCUT2D eigenvalue weighted by atomic mass is 32.1. The number of aromatic nitrogens is 1. The molecule has 1 fully saturated rings. The topological polar surface area (TPSA) is 25.4 Å². The van der Waals surface area contributed by atoms with Crippen molar-refractivity contribution in [2.75, 3.05) is 26.2 Å². The zero-order valence-corrected chi connectivity index (χ0v) is 15.3. The lowest BCUT2D eigenvalue weighted by atomic mass is 9.87. The number of hydrogen-bond acceptors (Lipinski definition) is 4. The predicted octanol–water partition coefficient (Wildman–Crippen LogP) is 4.55. The van der Waals surface area contributed by atoms with E-state index in [1.54, 1.807) is 0 Å². The smallest absolute Gasteiger partial charge is 0.278 e. The highest BCUT2D eigenvalue weighted by Crippen LogP contribution is 2.30. The Morgan fingerprint density at radius 1 is 1.21 bits per heavy atom. The minimum atomic E-state index is -2.81. The number of hydrogen-bond donors (Lipinski definition) is 0. The Balaban J connectivity index is 1.46. The number of thiazole rings is 1. The second kappa shape index (κ2) is 8.09. The van der Waals surface area contributed by atoms with E-state index in [4.69, 9.17) is 4.74 Å². The summed E-state index contributed by atoms with van der Waals surface area (Å²) in [5, 5.41) is 0.400. The Hall–Kier alpha value is -0.750. The molecule has 0 bridgehead atoms. The first-order chi connectivity index (χ1) is 11.5. The molecule has 0 spiro atoms. The van der Waals surface area contributed by atoms with Gasteiger partial charge in [0.2, 0.25) is 0 Å². The first-order valence-corrected chi connectivity index (χ1v) is 10.0. The van der Waals surface area contributed by atoms with Gasteiger partial charge in [0, 0.05) is 31.3 Å². The summed E-state index contributed by atoms with van der Waals surface area (Å²) in [4.78, 5) is 8.19. The molecule has 0 saturated heterocycles. The van der Waals surface area contributed by atoms with Gasteiger partial charge in [-0.05, 0) is 25.3 Å². The quantitative estimate of drug-likeness (QED) is 0.746. The average Bonchev–Trinajstić information content (AvgIpc) is 2.85. The minimum Gasteiger partial charge on any atom is -0.464 e. The van der Waals surface area contributed by atoms with Crippen LogP contribution in [0.15, 0.2) is 0 Å². The number of nitrogens with zero attached hydrogens (tertiary/aromatic N) is 2. The zero-order valence-electron chi connectivity index (χ0n) is 14.5. The van der Waals surface area contributed by atoms with E-state index in [0.29, 0.717) is 5.19 Å². The molecule has 0 N–H and O–H groups in total. The third kappa shape index (κ3) is 5.38. The fraction of sp³-hybridized carbons (Fsp3) is 0.833. The Kier molecular flexibility index (Phi) is 6.08. The summed E-state index contributed by atoms with van der Waals surface area (Å²) in [5.74, 6) is -1.89. The standard InChI is InChI=1S/C18H28F2N2OS/c1-18(19,20)13-23-17-21-15-8-11-22(12-9-16(15)24-17)10-7-14-5-3-2-4-6-14/h14H,2-13H2,1H3. The second-order valence-electron chi connectivity index (χ2n) is 7.34. The monoisotopic (exact) mass is 358 g/mol. The summed E-state index contributed by atoms with van der Waals surface area (Å²) >= 11 is 1.44. The molecule has 1 aromatic heterocycles. The maximum atomic E-state index is 12.9. The molecular formula is C18H28F2N2OS. The van der Waals surface area contributed by atoms with Crippen LogP contribution < -0.4 is 4.74 Å². The fourth-order valence-corrected chi connectivity index (χ4v) is 4.64. The van der Waals surface area contributed by atoms with Gasteiger partial charge in [-0.15, -0.1) is 0 Å². The molecule has 2 heterocycles. The Bertz CT molecular complexity index is 498. The first-order valence-electron chi connectivity index (χ1n) is 9.21. The van der Waals surface area contributed by atoms with Crippen molar-refractivity contribution < 1.29 is 13.5 Å². The fourth-order valence-electron chi connectivity index (χ4n) is 3.70. The number of alkyl halides is 2. The van der Waals surface area contributed by atoms with Crippen molar-refractivity contribution in [3.05, 3.63) is 10.6 Å². The molecule has 3 rings (SSSR count). The van der Waals surface area contributed by atoms with Crippen molar-refractivity contribution in [3.63, 3.8) is 0 Å². The Morgan fingerprint density at radius 3 is 2.71 bits per heavy atom. The van der Waals surface area contributed by atoms with E-state index >= 15 is 0 Å². The zero-order chi connectivity index (χ0) is 17.0. The number of halogens is 2. The molecule has 0 aromatic carbocycles. The van der Waals surface area contributed by atoms with Crippen molar-refractivity contribution in [2.45, 2.75) is 64.2 Å². The molecule has 1 saturated carbocycles. The van der Waals surface area contributed by atoms with Gasteiger partial charge in [0.15, 0.2) is 6.61 Å². The maximum absolute atomic E-state index is 12.9. The van der Waals surface area contributed by atoms with Gasteiger partial charge in [0.1, 0.15) is 0 Å². The van der Waals surface area contributed by atoms with Gasteiger partial charge in [-0.25, -0.2) is 13.8 Å². The lowest BCUT2D eigenvalue weighted by Gasteiger charge is -2.26. The van der Waals surface area contributed by atoms with Crippen LogP contribution in [0.25, 0.3) is 0 Å². The van der Waals surface area contributed by atoms with E-state index in [1.165, 1.54) is 61.3 Å². The predicted molar refractivity (Wildman–Crippen MR) is 93.3 cm³/mol. The van der Waals surface area contributed by atoms with E-state index < -0.39 is 12.5 Å². The van der Waals surface area contributed by atoms with Gasteiger partial charge in [0.25, 0.3) is 11.1 Å². The summed E-state index contributed by atoms with van der Waals surface area (Å²) in [5.41, 5.74) is 1.05. The Morgan fingerprint density at radius 2 is 1.96 bits per heavy atom. The van der Waals surface area contributed by atoms with Crippen LogP contribution in [0.4, 0.5) is 8.78 Å². The van der Waals surface area contributed by atoms with Gasteiger partial charge >= 0.3 is 0 Å². The molecule has 0 amide bonds. The van der Waals surface area contributed by atoms with Crippen LogP contribution in [0.5, 0.6) is 5.19 Å². The van der Waals surface area contributed by atoms with E-state index in [-0.39, 0.29) is 0 Å². The highest BCUT2D eigenvalue weighted by Gasteiger charge is 2.24. The number of rotatable bonds is 6. The molecule has 6 heteroatoms. The third-order valence-electron chi connectivity index (χ3n) is 5.11. The Labute approximate surface area is 147 Å². The lowest BCUT2D eigenvalue weighted by molar-refractivity contribution is -0.0230. The van der Waals surface area contributed by atoms with Gasteiger partial charge in [-0.3, -0.25) is 0 Å². The van der Waals surface area contributed by atoms with Gasteiger partial charge in [0.05, 0.1) is 5.69 Å². The lowest BCUT2D eigenvalue weighted by Crippen LogP contribution is -2.29. The molecule has 0 unspecified atom stereocenters. The van der Waals surface area contributed by atoms with Crippen LogP contribution >= 0.6 is 11.3 Å². The van der Waals surface area contributed by atoms with Crippen molar-refractivity contribution in [1.29, 1.82) is 0 Å². The number of fused-ring (bicyclic) bond motifs is 1. The van der Waals surface area contributed by atoms with Crippen LogP contribution in [0.2, 0.25) is 0 Å². The minimum absolute atomic E-state index is 0.400. The van der Waals surface area contributed by atoms with Crippen LogP contribution in [0.1, 0.15) is 56.0 Å². The molecule has 136 valence electrons. The summed E-state index contributed by atoms with van der Waals surface area (Å²) in [6.07, 6.45) is 10.2. The molecule has 0 radical (unpaired) electrons. The summed E-state index contributed by atoms with van der Waals surface area (Å²) in [6.45, 7) is 3.53. The summed E-state index contributed by atoms with van der Waals surface area (Å²) < 4.78 is 30.9. The second-order valence-corrected chi connectivity index (χ2v) is 8.39. The van der Waals surface area contributed by atoms with E-state index in [9.17, 15) is 8.78 Å². The van der Waals surface area contributed by atoms with Crippen LogP contribution in [-0.2, 0) is 12.8 Å². The van der Waals surface area contributed by atoms with Gasteiger partial charge in [-0.2, -0.15) is 0 Å². The molecule has 1 aliphatic carbocycles. The van der Waals surface area contributed by atoms with E-state index in [1.807, 2.05) is 0 Å². The average molecular weight is 358 g/mol. The summed E-state index contributed by atoms with van der Waals surface area (Å²) in [7, 11) is 0. The first kappa shape index (κ1) is 18.1. The van der Waals surface area contributed by atoms with Gasteiger partial charge < -0.3 is 9.64 Å². The SMILES string of the molecule is CC(F)(F)COc1nc2c(s1)CCN(CCC1CCCCC1)CC2. The third-order valence-corrected chi connectivity index (χ3v) is 6.18. The van der Waals surface area contributed by atoms with Crippen LogP contribution in [0, 0.1) is 5.92 Å². The van der Waals surface area contributed by atoms with Gasteiger partial charge in [-0.1, -0.05) is 43.4 Å². The van der Waals surface area contributed by atoms with Crippen molar-refractivity contribution in [2.24, 2.45) is 5.92 Å². The highest BCUT2D eigenvalue weighted by molar-refractivity contribution is 7.13. The van der Waals surface area contributed by atoms with E-state index in [0.717, 1.165) is 44.5 Å². The van der Waals surface area contributed by atoms with Crippen LogP contribution in [0.3, 0.4) is 0 Å². The number of ether oxygens (including phenoxy) is 1. The molecular weight excluding hydrogens is 330 g/mol. The molecule has 2 aliphatic rings. The van der Waals surface area contributed by atoms with Crippen molar-refractivity contribution >= 4 is 11.3 Å². The molecule has 1 aliphatic heterocycles. The summed E-state index contributed by atoms with van der Waals surface area (Å²) in [6, 6.07) is 0. The van der Waals surface area contributed by atoms with E-state index in [2.05, 4.69) is 9.88 Å². The van der Waals surface area contributed by atoms with Crippen molar-refractivity contribution in [1.82, 2.24) is 9.88 Å². The van der Waals surface area contributed by atoms with Crippen molar-refractivity contribution in [3.8, 4) is 5.19 Å². The molecule has 0 atom stereocenters. The largest absolute Gasteiger partial charge is 0.464 e. The normalized spacial score (nSPS) is 20.6. The molecule has 24 heavy (non-hydrogen) atoms. The molecule has 3 nitrogen and oxygen atoms in total. The maximum Gasteiger partial charge on any atom is 0.278 e. The van der Waals surface area contributed by atoms with Crippen LogP contribution in [-0.4, -0.2) is 42.0 Å². The molecule has 1 aromatic rings.